The molecule has 0 fully saturated rings. The molecule has 0 saturated carbocycles. The van der Waals surface area contributed by atoms with Crippen molar-refractivity contribution < 1.29 is 14.6 Å². The van der Waals surface area contributed by atoms with Crippen LogP contribution in [0.25, 0.3) is 10.4 Å². The molecule has 0 radical (unpaired) electrons. The molecule has 2 aliphatic rings. The Morgan fingerprint density at radius 1 is 1.18 bits per heavy atom. The minimum atomic E-state index is -1.05. The summed E-state index contributed by atoms with van der Waals surface area (Å²) in [6, 6.07) is 5.25. The van der Waals surface area contributed by atoms with Gasteiger partial charge in [0.2, 0.25) is 0 Å². The van der Waals surface area contributed by atoms with Gasteiger partial charge in [0.1, 0.15) is 17.2 Å². The third-order valence-electron chi connectivity index (χ3n) is 4.35. The zero-order valence-corrected chi connectivity index (χ0v) is 12.7. The van der Waals surface area contributed by atoms with Crippen LogP contribution < -0.4 is 10.2 Å². The Morgan fingerprint density at radius 3 is 2.82 bits per heavy atom. The first-order valence-electron chi connectivity index (χ1n) is 7.33. The van der Waals surface area contributed by atoms with Gasteiger partial charge in [-0.3, -0.25) is 4.79 Å². The lowest BCUT2D eigenvalue weighted by Gasteiger charge is -2.26. The number of benzene rings is 1. The van der Waals surface area contributed by atoms with E-state index in [-0.39, 0.29) is 16.9 Å². The van der Waals surface area contributed by atoms with Gasteiger partial charge < -0.3 is 9.84 Å². The molecule has 5 heteroatoms. The van der Waals surface area contributed by atoms with E-state index in [0.717, 1.165) is 35.5 Å². The van der Waals surface area contributed by atoms with Crippen LogP contribution in [-0.2, 0) is 19.4 Å². The summed E-state index contributed by atoms with van der Waals surface area (Å²) in [5.41, 5.74) is 3.81. The van der Waals surface area contributed by atoms with Crippen LogP contribution in [0.15, 0.2) is 23.0 Å². The molecule has 1 aromatic heterocycles. The first-order chi connectivity index (χ1) is 10.6. The van der Waals surface area contributed by atoms with Crippen molar-refractivity contribution in [3.8, 4) is 16.2 Å². The molecule has 4 rings (SSSR count). The summed E-state index contributed by atoms with van der Waals surface area (Å²) in [5, 5.41) is 9.24. The van der Waals surface area contributed by atoms with Gasteiger partial charge in [0, 0.05) is 16.5 Å². The topological polar surface area (TPSA) is 63.6 Å². The minimum Gasteiger partial charge on any atom is -0.488 e. The largest absolute Gasteiger partial charge is 0.488 e. The van der Waals surface area contributed by atoms with Gasteiger partial charge >= 0.3 is 5.97 Å². The van der Waals surface area contributed by atoms with Gasteiger partial charge in [-0.05, 0) is 42.9 Å². The average molecular weight is 314 g/mol. The van der Waals surface area contributed by atoms with E-state index in [1.54, 1.807) is 0 Å². The first kappa shape index (κ1) is 13.5. The molecule has 1 aromatic carbocycles. The highest BCUT2D eigenvalue weighted by Crippen LogP contribution is 2.44. The number of fused-ring (bicyclic) bond motifs is 5. The SMILES string of the molecule is O=C(O)c1cc(=O)c2c(s1)-c1c(ccc3c1CCCC3)OC2. The van der Waals surface area contributed by atoms with Gasteiger partial charge in [-0.15, -0.1) is 11.3 Å². The number of rotatable bonds is 1. The number of carbonyl (C=O) groups is 1. The van der Waals surface area contributed by atoms with Crippen molar-refractivity contribution in [2.24, 2.45) is 0 Å². The summed E-state index contributed by atoms with van der Waals surface area (Å²) in [5.74, 6) is -0.283. The molecule has 4 nitrogen and oxygen atoms in total. The van der Waals surface area contributed by atoms with E-state index in [2.05, 4.69) is 6.07 Å². The van der Waals surface area contributed by atoms with E-state index < -0.39 is 5.97 Å². The summed E-state index contributed by atoms with van der Waals surface area (Å²) < 4.78 is 5.76. The molecule has 0 bridgehead atoms. The van der Waals surface area contributed by atoms with Gasteiger partial charge in [0.05, 0.1) is 5.56 Å². The predicted molar refractivity (Wildman–Crippen MR) is 84.0 cm³/mol. The number of ether oxygens (including phenoxy) is 1. The maximum Gasteiger partial charge on any atom is 0.346 e. The number of carboxylic acid groups (broad SMARTS) is 1. The molecule has 1 aliphatic carbocycles. The highest BCUT2D eigenvalue weighted by atomic mass is 32.1. The van der Waals surface area contributed by atoms with Crippen molar-refractivity contribution >= 4 is 17.3 Å². The predicted octanol–water partition coefficient (Wildman–Crippen LogP) is 3.24. The second kappa shape index (κ2) is 4.95. The van der Waals surface area contributed by atoms with Crippen molar-refractivity contribution in [1.82, 2.24) is 0 Å². The number of hydrogen-bond donors (Lipinski definition) is 1. The van der Waals surface area contributed by atoms with Crippen LogP contribution in [0.3, 0.4) is 0 Å². The lowest BCUT2D eigenvalue weighted by molar-refractivity contribution is 0.0702. The van der Waals surface area contributed by atoms with Crippen LogP contribution in [0.4, 0.5) is 0 Å². The standard InChI is InChI=1S/C17H14O4S/c18-12-7-14(17(19)20)22-16-11(12)8-21-13-6-5-9-3-1-2-4-10(9)15(13)16/h5-7H,1-4,8H2,(H,19,20). The Kier molecular flexibility index (Phi) is 3.04. The Labute approximate surface area is 131 Å². The minimum absolute atomic E-state index is 0.0880. The fourth-order valence-corrected chi connectivity index (χ4v) is 4.37. The molecular formula is C17H14O4S. The lowest BCUT2D eigenvalue weighted by Crippen LogP contribution is -2.19. The Bertz CT molecular complexity index is 850. The summed E-state index contributed by atoms with van der Waals surface area (Å²) in [6.07, 6.45) is 4.28. The zero-order chi connectivity index (χ0) is 15.3. The van der Waals surface area contributed by atoms with Gasteiger partial charge in [0.25, 0.3) is 0 Å². The van der Waals surface area contributed by atoms with Crippen LogP contribution in [-0.4, -0.2) is 11.1 Å². The zero-order valence-electron chi connectivity index (χ0n) is 11.8. The van der Waals surface area contributed by atoms with Crippen molar-refractivity contribution in [2.75, 3.05) is 0 Å². The monoisotopic (exact) mass is 314 g/mol. The molecule has 0 unspecified atom stereocenters. The van der Waals surface area contributed by atoms with Crippen molar-refractivity contribution in [3.63, 3.8) is 0 Å². The molecule has 0 saturated heterocycles. The van der Waals surface area contributed by atoms with E-state index >= 15 is 0 Å². The van der Waals surface area contributed by atoms with Crippen molar-refractivity contribution in [3.05, 3.63) is 50.0 Å². The number of carboxylic acids is 1. The fourth-order valence-electron chi connectivity index (χ4n) is 3.29. The third kappa shape index (κ3) is 1.96. The molecule has 0 atom stereocenters. The van der Waals surface area contributed by atoms with E-state index in [9.17, 15) is 14.7 Å². The molecule has 0 spiro atoms. The van der Waals surface area contributed by atoms with Gasteiger partial charge in [0.15, 0.2) is 5.43 Å². The van der Waals surface area contributed by atoms with Crippen molar-refractivity contribution in [1.29, 1.82) is 0 Å². The van der Waals surface area contributed by atoms with E-state index in [0.29, 0.717) is 5.56 Å². The second-order valence-corrected chi connectivity index (χ2v) is 6.71. The normalized spacial score (nSPS) is 15.3. The summed E-state index contributed by atoms with van der Waals surface area (Å²) >= 11 is 1.18. The summed E-state index contributed by atoms with van der Waals surface area (Å²) in [4.78, 5) is 24.4. The van der Waals surface area contributed by atoms with E-state index in [1.165, 1.54) is 35.0 Å². The molecule has 2 aromatic rings. The highest BCUT2D eigenvalue weighted by molar-refractivity contribution is 7.17. The van der Waals surface area contributed by atoms with Gasteiger partial charge in [-0.2, -0.15) is 0 Å². The van der Waals surface area contributed by atoms with Gasteiger partial charge in [-0.1, -0.05) is 6.07 Å². The quantitative estimate of drug-likeness (QED) is 0.877. The molecule has 1 aliphatic heterocycles. The number of aryl methyl sites for hydroxylation is 1. The Hall–Kier alpha value is -2.14. The molecule has 112 valence electrons. The second-order valence-electron chi connectivity index (χ2n) is 5.66. The number of hydrogen-bond acceptors (Lipinski definition) is 4. The van der Waals surface area contributed by atoms with Crippen LogP contribution in [0.2, 0.25) is 0 Å². The van der Waals surface area contributed by atoms with Crippen LogP contribution in [0, 0.1) is 0 Å². The Morgan fingerprint density at radius 2 is 2.00 bits per heavy atom. The van der Waals surface area contributed by atoms with E-state index in [1.807, 2.05) is 6.07 Å². The van der Waals surface area contributed by atoms with Crippen molar-refractivity contribution in [2.45, 2.75) is 32.3 Å². The average Bonchev–Trinajstić information content (AvgIpc) is 2.53. The molecule has 1 N–H and O–H groups in total. The summed E-state index contributed by atoms with van der Waals surface area (Å²) in [6.45, 7) is 0.219. The molecular weight excluding hydrogens is 300 g/mol. The first-order valence-corrected chi connectivity index (χ1v) is 8.15. The van der Waals surface area contributed by atoms with Crippen LogP contribution >= 0.6 is 11.3 Å². The van der Waals surface area contributed by atoms with E-state index in [4.69, 9.17) is 4.74 Å². The molecule has 22 heavy (non-hydrogen) atoms. The smallest absolute Gasteiger partial charge is 0.346 e. The fraction of sp³-hybridized carbons (Fsp3) is 0.294. The maximum absolute atomic E-state index is 12.2. The van der Waals surface area contributed by atoms with Crippen LogP contribution in [0.1, 0.15) is 39.2 Å². The molecule has 0 amide bonds. The summed E-state index contributed by atoms with van der Waals surface area (Å²) in [7, 11) is 0. The van der Waals surface area contributed by atoms with Crippen LogP contribution in [0.5, 0.6) is 5.75 Å². The third-order valence-corrected chi connectivity index (χ3v) is 5.52. The molecule has 2 heterocycles. The van der Waals surface area contributed by atoms with Gasteiger partial charge in [-0.25, -0.2) is 4.79 Å². The number of aromatic carboxylic acids is 1. The highest BCUT2D eigenvalue weighted by Gasteiger charge is 2.27. The lowest BCUT2D eigenvalue weighted by atomic mass is 9.86. The Balaban J connectivity index is 2.03. The maximum atomic E-state index is 12.2.